The van der Waals surface area contributed by atoms with Gasteiger partial charge in [-0.05, 0) is 93.7 Å². The molecule has 2 atom stereocenters. The second-order valence-electron chi connectivity index (χ2n) is 14.7. The van der Waals surface area contributed by atoms with Crippen LogP contribution in [0.3, 0.4) is 0 Å². The minimum atomic E-state index is -1.10. The smallest absolute Gasteiger partial charge is 0.417 e. The van der Waals surface area contributed by atoms with Crippen LogP contribution < -0.4 is 11.1 Å². The number of fused-ring (bicyclic) bond motifs is 2. The van der Waals surface area contributed by atoms with Crippen LogP contribution in [0, 0.1) is 6.92 Å². The Labute approximate surface area is 308 Å². The summed E-state index contributed by atoms with van der Waals surface area (Å²) >= 11 is 0. The van der Waals surface area contributed by atoms with Gasteiger partial charge in [0.1, 0.15) is 6.04 Å². The number of piperidine rings is 2. The van der Waals surface area contributed by atoms with Gasteiger partial charge < -0.3 is 33.9 Å². The van der Waals surface area contributed by atoms with E-state index < -0.39 is 18.0 Å². The molecule has 1 aromatic heterocycles. The van der Waals surface area contributed by atoms with Crippen LogP contribution in [0.1, 0.15) is 68.6 Å². The van der Waals surface area contributed by atoms with Crippen molar-refractivity contribution in [1.29, 1.82) is 0 Å². The molecule has 3 aromatic rings. The van der Waals surface area contributed by atoms with E-state index in [-0.39, 0.29) is 42.5 Å². The maximum Gasteiger partial charge on any atom is 0.417 e. The van der Waals surface area contributed by atoms with Crippen LogP contribution in [0.2, 0.25) is 0 Å². The average molecular weight is 731 g/mol. The van der Waals surface area contributed by atoms with Gasteiger partial charge in [0.15, 0.2) is 11.7 Å². The molecular weight excluding hydrogens is 680 g/mol. The minimum Gasteiger partial charge on any atom is -0.465 e. The number of anilines is 1. The molecular formula is C39H50N6O8. The summed E-state index contributed by atoms with van der Waals surface area (Å²) in [6.45, 7) is 7.41. The Morgan fingerprint density at radius 3 is 2.43 bits per heavy atom. The first-order valence-electron chi connectivity index (χ1n) is 19.1. The number of H-pyrrole nitrogens is 1. The summed E-state index contributed by atoms with van der Waals surface area (Å²) in [5.41, 5.74) is 4.39. The van der Waals surface area contributed by atoms with E-state index in [4.69, 9.17) is 13.9 Å². The highest BCUT2D eigenvalue weighted by Crippen LogP contribution is 2.29. The number of carbonyl (C=O) groups excluding carboxylic acids is 4. The summed E-state index contributed by atoms with van der Waals surface area (Å²) in [7, 11) is 0. The highest BCUT2D eigenvalue weighted by Gasteiger charge is 2.40. The molecule has 7 rings (SSSR count). The maximum absolute atomic E-state index is 14.2. The standard InChI is InChI=1S/C39H50N6O8/c1-3-21-51-36(47)31-9-6-15-44(31)28-11-16-42(17-12-28)35(46)33(24-26-22-25(2)34-32(23-26)52-38(49)41-34)53-39(50)43-18-13-29(14-19-43)45-20-10-27-7-4-5-8-30(27)40-37(45)48/h4-5,7-8,22-23,28-29,31,33H,3,6,9-21,24H2,1-2H3,(H,40,48)(H,41,49)/t31-,33-/m1/s1. The molecule has 53 heavy (non-hydrogen) atoms. The fraction of sp³-hybridized carbons (Fsp3) is 0.564. The van der Waals surface area contributed by atoms with Crippen molar-refractivity contribution < 1.29 is 33.1 Å². The van der Waals surface area contributed by atoms with Crippen molar-refractivity contribution in [2.24, 2.45) is 0 Å². The molecule has 5 heterocycles. The Hall–Kier alpha value is -4.85. The van der Waals surface area contributed by atoms with Gasteiger partial charge in [-0.25, -0.2) is 14.4 Å². The Morgan fingerprint density at radius 1 is 0.925 bits per heavy atom. The van der Waals surface area contributed by atoms with Gasteiger partial charge in [0.2, 0.25) is 0 Å². The van der Waals surface area contributed by atoms with Crippen molar-refractivity contribution in [3.05, 3.63) is 63.6 Å². The molecule has 3 fully saturated rings. The molecule has 0 bridgehead atoms. The fourth-order valence-corrected chi connectivity index (χ4v) is 8.50. The van der Waals surface area contributed by atoms with E-state index in [0.29, 0.717) is 81.7 Å². The van der Waals surface area contributed by atoms with Gasteiger partial charge in [-0.3, -0.25) is 19.5 Å². The van der Waals surface area contributed by atoms with Gasteiger partial charge in [-0.15, -0.1) is 0 Å². The van der Waals surface area contributed by atoms with Crippen LogP contribution in [0.25, 0.3) is 11.1 Å². The first-order valence-corrected chi connectivity index (χ1v) is 19.1. The van der Waals surface area contributed by atoms with Crippen LogP contribution in [0.15, 0.2) is 45.6 Å². The number of hydrogen-bond acceptors (Lipinski definition) is 9. The third-order valence-corrected chi connectivity index (χ3v) is 11.3. The van der Waals surface area contributed by atoms with Crippen molar-refractivity contribution in [3.63, 3.8) is 0 Å². The lowest BCUT2D eigenvalue weighted by Gasteiger charge is -2.40. The summed E-state index contributed by atoms with van der Waals surface area (Å²) in [4.78, 5) is 76.0. The Bertz CT molecular complexity index is 1870. The molecule has 284 valence electrons. The molecule has 0 radical (unpaired) electrons. The number of aromatic amines is 1. The van der Waals surface area contributed by atoms with Crippen LogP contribution in [0.5, 0.6) is 0 Å². The van der Waals surface area contributed by atoms with E-state index in [0.717, 1.165) is 49.0 Å². The number of carbonyl (C=O) groups is 4. The largest absolute Gasteiger partial charge is 0.465 e. The fourth-order valence-electron chi connectivity index (χ4n) is 8.50. The summed E-state index contributed by atoms with van der Waals surface area (Å²) in [5, 5.41) is 3.04. The van der Waals surface area contributed by atoms with Crippen LogP contribution in [-0.2, 0) is 31.9 Å². The normalized spacial score (nSPS) is 20.9. The second-order valence-corrected chi connectivity index (χ2v) is 14.7. The minimum absolute atomic E-state index is 0.0264. The molecule has 0 unspecified atom stereocenters. The number of para-hydroxylation sites is 1. The maximum atomic E-state index is 14.2. The number of aryl methyl sites for hydroxylation is 1. The molecule has 3 saturated heterocycles. The highest BCUT2D eigenvalue weighted by molar-refractivity contribution is 5.91. The number of urea groups is 1. The topological polar surface area (TPSA) is 158 Å². The number of oxazole rings is 1. The van der Waals surface area contributed by atoms with Gasteiger partial charge in [-0.2, -0.15) is 0 Å². The zero-order valence-electron chi connectivity index (χ0n) is 30.6. The van der Waals surface area contributed by atoms with Crippen molar-refractivity contribution >= 4 is 40.8 Å². The molecule has 14 heteroatoms. The van der Waals surface area contributed by atoms with Gasteiger partial charge in [0.05, 0.1) is 12.1 Å². The van der Waals surface area contributed by atoms with E-state index in [2.05, 4.69) is 15.2 Å². The zero-order chi connectivity index (χ0) is 37.1. The number of ether oxygens (including phenoxy) is 2. The number of likely N-dealkylation sites (tertiary alicyclic amines) is 3. The van der Waals surface area contributed by atoms with Gasteiger partial charge >= 0.3 is 23.8 Å². The number of benzene rings is 2. The van der Waals surface area contributed by atoms with Crippen molar-refractivity contribution in [3.8, 4) is 0 Å². The zero-order valence-corrected chi connectivity index (χ0v) is 30.6. The molecule has 0 saturated carbocycles. The van der Waals surface area contributed by atoms with Crippen molar-refractivity contribution in [1.82, 2.24) is 24.6 Å². The SMILES string of the molecule is CCCOC(=O)[C@H]1CCCN1C1CCN(C(=O)[C@@H](Cc2cc(C)c3[nH]c(=O)oc3c2)OC(=O)N2CCC(N3CCc4ccccc4NC3=O)CC2)CC1. The predicted molar refractivity (Wildman–Crippen MR) is 197 cm³/mol. The lowest BCUT2D eigenvalue weighted by atomic mass is 9.99. The summed E-state index contributed by atoms with van der Waals surface area (Å²) in [6, 6.07) is 11.2. The third kappa shape index (κ3) is 8.07. The number of nitrogens with zero attached hydrogens (tertiary/aromatic N) is 4. The first kappa shape index (κ1) is 36.5. The highest BCUT2D eigenvalue weighted by atomic mass is 16.6. The summed E-state index contributed by atoms with van der Waals surface area (Å²) in [6.07, 6.45) is 4.28. The molecule has 2 aromatic carbocycles. The Kier molecular flexibility index (Phi) is 11.0. The second kappa shape index (κ2) is 16.0. The lowest BCUT2D eigenvalue weighted by molar-refractivity contribution is -0.151. The quantitative estimate of drug-likeness (QED) is 0.304. The molecule has 2 N–H and O–H groups in total. The van der Waals surface area contributed by atoms with Crippen LogP contribution in [-0.4, -0.2) is 119 Å². The van der Waals surface area contributed by atoms with Crippen molar-refractivity contribution in [2.75, 3.05) is 51.2 Å². The monoisotopic (exact) mass is 730 g/mol. The van der Waals surface area contributed by atoms with E-state index in [1.54, 1.807) is 15.9 Å². The number of rotatable bonds is 9. The van der Waals surface area contributed by atoms with Gasteiger partial charge in [0, 0.05) is 56.9 Å². The van der Waals surface area contributed by atoms with Gasteiger partial charge in [0.25, 0.3) is 5.91 Å². The van der Waals surface area contributed by atoms with E-state index >= 15 is 0 Å². The number of esters is 1. The molecule has 4 aliphatic heterocycles. The number of amides is 4. The molecule has 0 aliphatic carbocycles. The molecule has 0 spiro atoms. The van der Waals surface area contributed by atoms with E-state index in [1.165, 1.54) is 0 Å². The van der Waals surface area contributed by atoms with E-state index in [1.807, 2.05) is 49.1 Å². The Morgan fingerprint density at radius 2 is 1.66 bits per heavy atom. The summed E-state index contributed by atoms with van der Waals surface area (Å²) in [5.74, 6) is -1.00. The third-order valence-electron chi connectivity index (χ3n) is 11.3. The number of aromatic nitrogens is 1. The van der Waals surface area contributed by atoms with Gasteiger partial charge in [-0.1, -0.05) is 31.2 Å². The lowest BCUT2D eigenvalue weighted by Crippen LogP contribution is -2.53. The predicted octanol–water partition coefficient (Wildman–Crippen LogP) is 4.44. The average Bonchev–Trinajstić information content (AvgIpc) is 3.77. The first-order chi connectivity index (χ1) is 25.7. The van der Waals surface area contributed by atoms with Crippen LogP contribution >= 0.6 is 0 Å². The van der Waals surface area contributed by atoms with E-state index in [9.17, 15) is 24.0 Å². The summed E-state index contributed by atoms with van der Waals surface area (Å²) < 4.78 is 16.9. The molecule has 14 nitrogen and oxygen atoms in total. The number of nitrogens with one attached hydrogen (secondary N) is 2. The molecule has 4 aliphatic rings. The Balaban J connectivity index is 1.01. The van der Waals surface area contributed by atoms with Crippen molar-refractivity contribution in [2.45, 2.75) is 95.9 Å². The van der Waals surface area contributed by atoms with Crippen LogP contribution in [0.4, 0.5) is 15.3 Å². The molecule has 4 amide bonds. The number of hydrogen-bond donors (Lipinski definition) is 2.